The second kappa shape index (κ2) is 5.75. The van der Waals surface area contributed by atoms with Crippen molar-refractivity contribution in [1.82, 2.24) is 4.90 Å². The lowest BCUT2D eigenvalue weighted by atomic mass is 9.93. The van der Waals surface area contributed by atoms with Crippen LogP contribution < -0.4 is 5.73 Å². The summed E-state index contributed by atoms with van der Waals surface area (Å²) in [6.45, 7) is 7.10. The standard InChI is InChI=1S/C16H26N2/c1-12-5-4-6-13(2)18(12)14(3)11-15-7-9-16(17)10-8-15/h7-10,12-14H,4-6,11,17H2,1-3H3. The molecule has 1 heterocycles. The first-order chi connectivity index (χ1) is 8.58. The molecule has 2 rings (SSSR count). The largest absolute Gasteiger partial charge is 0.399 e. The number of likely N-dealkylation sites (tertiary alicyclic amines) is 1. The van der Waals surface area contributed by atoms with Crippen LogP contribution in [0, 0.1) is 0 Å². The molecule has 1 saturated heterocycles. The number of nitrogens with zero attached hydrogens (tertiary/aromatic N) is 1. The molecule has 2 heteroatoms. The van der Waals surface area contributed by atoms with E-state index in [-0.39, 0.29) is 0 Å². The SMILES string of the molecule is CC1CCCC(C)N1C(C)Cc1ccc(N)cc1. The maximum atomic E-state index is 5.73. The lowest BCUT2D eigenvalue weighted by Gasteiger charge is -2.43. The van der Waals surface area contributed by atoms with Crippen molar-refractivity contribution in [3.8, 4) is 0 Å². The summed E-state index contributed by atoms with van der Waals surface area (Å²) in [7, 11) is 0. The van der Waals surface area contributed by atoms with Crippen LogP contribution in [0.2, 0.25) is 0 Å². The minimum Gasteiger partial charge on any atom is -0.399 e. The highest BCUT2D eigenvalue weighted by atomic mass is 15.2. The third kappa shape index (κ3) is 3.05. The van der Waals surface area contributed by atoms with Gasteiger partial charge >= 0.3 is 0 Å². The Hall–Kier alpha value is -1.02. The lowest BCUT2D eigenvalue weighted by Crippen LogP contribution is -2.49. The summed E-state index contributed by atoms with van der Waals surface area (Å²) >= 11 is 0. The number of benzene rings is 1. The summed E-state index contributed by atoms with van der Waals surface area (Å²) in [5, 5.41) is 0. The van der Waals surface area contributed by atoms with Crippen LogP contribution in [0.1, 0.15) is 45.6 Å². The summed E-state index contributed by atoms with van der Waals surface area (Å²) in [4.78, 5) is 2.69. The van der Waals surface area contributed by atoms with E-state index in [1.165, 1.54) is 24.8 Å². The van der Waals surface area contributed by atoms with Gasteiger partial charge in [0.2, 0.25) is 0 Å². The molecule has 1 aliphatic heterocycles. The number of nitrogen functional groups attached to an aromatic ring is 1. The van der Waals surface area contributed by atoms with Crippen LogP contribution in [0.15, 0.2) is 24.3 Å². The highest BCUT2D eigenvalue weighted by Gasteiger charge is 2.28. The van der Waals surface area contributed by atoms with Crippen molar-refractivity contribution in [3.05, 3.63) is 29.8 Å². The Bertz CT molecular complexity index is 361. The molecule has 3 unspecified atom stereocenters. The zero-order chi connectivity index (χ0) is 13.1. The van der Waals surface area contributed by atoms with E-state index in [9.17, 15) is 0 Å². The number of rotatable bonds is 3. The molecular weight excluding hydrogens is 220 g/mol. The fraction of sp³-hybridized carbons (Fsp3) is 0.625. The first kappa shape index (κ1) is 13.4. The van der Waals surface area contributed by atoms with Crippen LogP contribution >= 0.6 is 0 Å². The summed E-state index contributed by atoms with van der Waals surface area (Å²) in [6.07, 6.45) is 5.19. The van der Waals surface area contributed by atoms with Crippen LogP contribution in [0.25, 0.3) is 0 Å². The second-order valence-corrected chi connectivity index (χ2v) is 5.87. The highest BCUT2D eigenvalue weighted by Crippen LogP contribution is 2.26. The van der Waals surface area contributed by atoms with E-state index in [1.807, 2.05) is 12.1 Å². The molecule has 0 amide bonds. The van der Waals surface area contributed by atoms with Crippen molar-refractivity contribution in [2.24, 2.45) is 0 Å². The van der Waals surface area contributed by atoms with Gasteiger partial charge in [-0.3, -0.25) is 4.90 Å². The highest BCUT2D eigenvalue weighted by molar-refractivity contribution is 5.39. The molecule has 1 aromatic carbocycles. The van der Waals surface area contributed by atoms with Crippen LogP contribution in [0.5, 0.6) is 0 Å². The van der Waals surface area contributed by atoms with Gasteiger partial charge in [-0.25, -0.2) is 0 Å². The van der Waals surface area contributed by atoms with E-state index in [4.69, 9.17) is 5.73 Å². The molecule has 2 N–H and O–H groups in total. The Morgan fingerprint density at radius 3 is 2.28 bits per heavy atom. The maximum Gasteiger partial charge on any atom is 0.0314 e. The number of hydrogen-bond acceptors (Lipinski definition) is 2. The van der Waals surface area contributed by atoms with E-state index in [0.29, 0.717) is 6.04 Å². The number of hydrogen-bond donors (Lipinski definition) is 1. The fourth-order valence-corrected chi connectivity index (χ4v) is 3.41. The molecular formula is C16H26N2. The maximum absolute atomic E-state index is 5.73. The third-order valence-electron chi connectivity index (χ3n) is 4.28. The van der Waals surface area contributed by atoms with Gasteiger partial charge in [-0.05, 0) is 57.7 Å². The Labute approximate surface area is 111 Å². The van der Waals surface area contributed by atoms with Gasteiger partial charge in [-0.2, -0.15) is 0 Å². The van der Waals surface area contributed by atoms with Gasteiger partial charge in [0.1, 0.15) is 0 Å². The zero-order valence-electron chi connectivity index (χ0n) is 11.9. The Kier molecular flexibility index (Phi) is 4.28. The molecule has 100 valence electrons. The molecule has 0 saturated carbocycles. The predicted molar refractivity (Wildman–Crippen MR) is 78.6 cm³/mol. The van der Waals surface area contributed by atoms with E-state index in [2.05, 4.69) is 37.8 Å². The Morgan fingerprint density at radius 2 is 1.72 bits per heavy atom. The van der Waals surface area contributed by atoms with Crippen molar-refractivity contribution in [3.63, 3.8) is 0 Å². The molecule has 1 fully saturated rings. The zero-order valence-corrected chi connectivity index (χ0v) is 11.9. The number of piperidine rings is 1. The van der Waals surface area contributed by atoms with Crippen molar-refractivity contribution >= 4 is 5.69 Å². The van der Waals surface area contributed by atoms with E-state index in [1.54, 1.807) is 0 Å². The molecule has 0 radical (unpaired) electrons. The average Bonchev–Trinajstić information content (AvgIpc) is 2.32. The minimum atomic E-state index is 0.610. The van der Waals surface area contributed by atoms with Crippen LogP contribution in [-0.2, 0) is 6.42 Å². The normalized spacial score (nSPS) is 27.1. The first-order valence-corrected chi connectivity index (χ1v) is 7.19. The van der Waals surface area contributed by atoms with Crippen LogP contribution in [0.4, 0.5) is 5.69 Å². The topological polar surface area (TPSA) is 29.3 Å². The van der Waals surface area contributed by atoms with Crippen LogP contribution in [-0.4, -0.2) is 23.0 Å². The van der Waals surface area contributed by atoms with Gasteiger partial charge in [0.15, 0.2) is 0 Å². The fourth-order valence-electron chi connectivity index (χ4n) is 3.41. The van der Waals surface area contributed by atoms with Gasteiger partial charge < -0.3 is 5.73 Å². The molecule has 2 nitrogen and oxygen atoms in total. The molecule has 18 heavy (non-hydrogen) atoms. The molecule has 0 bridgehead atoms. The predicted octanol–water partition coefficient (Wildman–Crippen LogP) is 3.46. The smallest absolute Gasteiger partial charge is 0.0314 e. The molecule has 3 atom stereocenters. The number of nitrogens with two attached hydrogens (primary N) is 1. The molecule has 1 aliphatic rings. The Balaban J connectivity index is 2.01. The summed E-state index contributed by atoms with van der Waals surface area (Å²) in [5.74, 6) is 0. The molecule has 0 aliphatic carbocycles. The van der Waals surface area contributed by atoms with Crippen molar-refractivity contribution in [2.75, 3.05) is 5.73 Å². The van der Waals surface area contributed by atoms with Crippen LogP contribution in [0.3, 0.4) is 0 Å². The van der Waals surface area contributed by atoms with Crippen molar-refractivity contribution in [2.45, 2.75) is 64.6 Å². The van der Waals surface area contributed by atoms with E-state index in [0.717, 1.165) is 24.2 Å². The Morgan fingerprint density at radius 1 is 1.17 bits per heavy atom. The summed E-state index contributed by atoms with van der Waals surface area (Å²) in [6, 6.07) is 10.4. The van der Waals surface area contributed by atoms with Crippen molar-refractivity contribution < 1.29 is 0 Å². The minimum absolute atomic E-state index is 0.610. The van der Waals surface area contributed by atoms with Gasteiger partial charge in [0.05, 0.1) is 0 Å². The molecule has 0 aromatic heterocycles. The van der Waals surface area contributed by atoms with Crippen molar-refractivity contribution in [1.29, 1.82) is 0 Å². The molecule has 0 spiro atoms. The second-order valence-electron chi connectivity index (χ2n) is 5.87. The number of anilines is 1. The van der Waals surface area contributed by atoms with E-state index < -0.39 is 0 Å². The monoisotopic (exact) mass is 246 g/mol. The van der Waals surface area contributed by atoms with Gasteiger partial charge in [-0.1, -0.05) is 18.6 Å². The lowest BCUT2D eigenvalue weighted by molar-refractivity contribution is 0.0628. The first-order valence-electron chi connectivity index (χ1n) is 7.19. The third-order valence-corrected chi connectivity index (χ3v) is 4.28. The van der Waals surface area contributed by atoms with E-state index >= 15 is 0 Å². The van der Waals surface area contributed by atoms with Gasteiger partial charge in [-0.15, -0.1) is 0 Å². The molecule has 1 aromatic rings. The summed E-state index contributed by atoms with van der Waals surface area (Å²) in [5.41, 5.74) is 7.98. The summed E-state index contributed by atoms with van der Waals surface area (Å²) < 4.78 is 0. The van der Waals surface area contributed by atoms with Gasteiger partial charge in [0, 0.05) is 23.8 Å². The quantitative estimate of drug-likeness (QED) is 0.828. The average molecular weight is 246 g/mol. The van der Waals surface area contributed by atoms with Gasteiger partial charge in [0.25, 0.3) is 0 Å².